The molecule has 0 saturated heterocycles. The molecule has 1 amide bonds. The summed E-state index contributed by atoms with van der Waals surface area (Å²) in [6.45, 7) is 1.79. The van der Waals surface area contributed by atoms with Crippen LogP contribution in [0.1, 0.15) is 41.3 Å². The van der Waals surface area contributed by atoms with Crippen molar-refractivity contribution < 1.29 is 43.7 Å². The van der Waals surface area contributed by atoms with Crippen molar-refractivity contribution in [3.8, 4) is 5.75 Å². The molecule has 0 spiro atoms. The summed E-state index contributed by atoms with van der Waals surface area (Å²) in [5, 5.41) is 22.3. The molecule has 0 heterocycles. The fraction of sp³-hybridized carbons (Fsp3) is 0.462. The van der Waals surface area contributed by atoms with Crippen molar-refractivity contribution in [3.63, 3.8) is 0 Å². The number of carbonyl (C=O) groups excluding carboxylic acids is 6. The lowest BCUT2D eigenvalue weighted by atomic mass is 9.53. The zero-order valence-electron chi connectivity index (χ0n) is 20.6. The Morgan fingerprint density at radius 1 is 1.19 bits per heavy atom. The molecule has 1 aromatic rings. The summed E-state index contributed by atoms with van der Waals surface area (Å²) in [6, 6.07) is 1.60. The number of ketones is 4. The number of hydrogen-bond acceptors (Lipinski definition) is 10. The first-order chi connectivity index (χ1) is 17.3. The molecule has 4 rings (SSSR count). The number of nitrogens with zero attached hydrogens (tertiary/aromatic N) is 1. The lowest BCUT2D eigenvalue weighted by molar-refractivity contribution is -0.175. The normalized spacial score (nSPS) is 29.0. The van der Waals surface area contributed by atoms with Gasteiger partial charge in [0, 0.05) is 43.8 Å². The molecule has 11 nitrogen and oxygen atoms in total. The Balaban J connectivity index is 1.82. The molecule has 2 saturated carbocycles. The quantitative estimate of drug-likeness (QED) is 0.275. The van der Waals surface area contributed by atoms with Crippen LogP contribution in [0.2, 0.25) is 0 Å². The van der Waals surface area contributed by atoms with Gasteiger partial charge in [-0.25, -0.2) is 4.79 Å². The number of Topliss-reactive ketones (excluding diaryl/α,β-unsaturated/α-hetero) is 4. The molecular formula is C26H28N2O9. The van der Waals surface area contributed by atoms with Crippen LogP contribution in [0.15, 0.2) is 12.1 Å². The molecule has 0 aromatic heterocycles. The van der Waals surface area contributed by atoms with Crippen LogP contribution in [0.5, 0.6) is 5.75 Å². The topological polar surface area (TPSA) is 181 Å². The zero-order valence-corrected chi connectivity index (χ0v) is 20.6. The van der Waals surface area contributed by atoms with Gasteiger partial charge in [0.25, 0.3) is 0 Å². The number of aliphatic hydroxyl groups is 1. The summed E-state index contributed by atoms with van der Waals surface area (Å²) in [7, 11) is 3.46. The number of amides is 1. The Labute approximate surface area is 212 Å². The number of fused-ring (bicyclic) bond motifs is 3. The average Bonchev–Trinajstić information content (AvgIpc) is 2.80. The van der Waals surface area contributed by atoms with Crippen LogP contribution in [-0.4, -0.2) is 71.5 Å². The predicted molar refractivity (Wildman–Crippen MR) is 128 cm³/mol. The van der Waals surface area contributed by atoms with Gasteiger partial charge in [0.05, 0.1) is 18.1 Å². The Bertz CT molecular complexity index is 1280. The van der Waals surface area contributed by atoms with Gasteiger partial charge in [-0.15, -0.1) is 0 Å². The number of ether oxygens (including phenoxy) is 1. The van der Waals surface area contributed by atoms with Crippen LogP contribution >= 0.6 is 0 Å². The van der Waals surface area contributed by atoms with Crippen molar-refractivity contribution in [2.24, 2.45) is 29.4 Å². The smallest absolute Gasteiger partial charge is 0.330 e. The van der Waals surface area contributed by atoms with Crippen molar-refractivity contribution in [1.82, 2.24) is 0 Å². The highest BCUT2D eigenvalue weighted by atomic mass is 16.5. The van der Waals surface area contributed by atoms with Crippen molar-refractivity contribution in [2.75, 3.05) is 25.6 Å². The molecule has 1 aromatic carbocycles. The second-order valence-corrected chi connectivity index (χ2v) is 9.91. The van der Waals surface area contributed by atoms with Crippen LogP contribution < -0.4 is 10.6 Å². The molecule has 4 N–H and O–H groups in total. The Kier molecular flexibility index (Phi) is 6.53. The lowest BCUT2D eigenvalue weighted by Gasteiger charge is -2.48. The van der Waals surface area contributed by atoms with Gasteiger partial charge in [0.1, 0.15) is 5.75 Å². The summed E-state index contributed by atoms with van der Waals surface area (Å²) in [5.74, 6) is -11.4. The van der Waals surface area contributed by atoms with Gasteiger partial charge in [0.2, 0.25) is 5.91 Å². The van der Waals surface area contributed by atoms with E-state index in [2.05, 4.69) is 0 Å². The fourth-order valence-electron chi connectivity index (χ4n) is 5.91. The molecule has 37 heavy (non-hydrogen) atoms. The van der Waals surface area contributed by atoms with E-state index in [0.717, 1.165) is 6.08 Å². The van der Waals surface area contributed by atoms with E-state index in [4.69, 9.17) is 10.5 Å². The van der Waals surface area contributed by atoms with Crippen molar-refractivity contribution in [1.29, 1.82) is 0 Å². The number of hydrogen-bond donors (Lipinski definition) is 3. The molecule has 0 aliphatic heterocycles. The lowest BCUT2D eigenvalue weighted by Crippen LogP contribution is -2.68. The monoisotopic (exact) mass is 512 g/mol. The van der Waals surface area contributed by atoms with E-state index in [1.165, 1.54) is 6.08 Å². The van der Waals surface area contributed by atoms with Crippen LogP contribution in [0.4, 0.5) is 5.69 Å². The maximum Gasteiger partial charge on any atom is 0.330 e. The highest BCUT2D eigenvalue weighted by Gasteiger charge is 2.66. The van der Waals surface area contributed by atoms with Crippen molar-refractivity contribution >= 4 is 46.8 Å². The summed E-state index contributed by atoms with van der Waals surface area (Å²) in [5.41, 5.74) is 3.53. The van der Waals surface area contributed by atoms with Crippen LogP contribution in [-0.2, 0) is 35.1 Å². The third-order valence-corrected chi connectivity index (χ3v) is 7.58. The van der Waals surface area contributed by atoms with Crippen LogP contribution in [0.25, 0.3) is 6.08 Å². The molecular weight excluding hydrogens is 484 g/mol. The van der Waals surface area contributed by atoms with E-state index in [1.807, 2.05) is 0 Å². The Morgan fingerprint density at radius 2 is 1.86 bits per heavy atom. The van der Waals surface area contributed by atoms with Gasteiger partial charge in [-0.2, -0.15) is 0 Å². The molecule has 2 fully saturated rings. The number of rotatable bonds is 5. The van der Waals surface area contributed by atoms with Gasteiger partial charge in [-0.05, 0) is 43.4 Å². The molecule has 0 bridgehead atoms. The highest BCUT2D eigenvalue weighted by molar-refractivity contribution is 6.31. The second kappa shape index (κ2) is 9.22. The number of carbonyl (C=O) groups is 6. The van der Waals surface area contributed by atoms with Gasteiger partial charge < -0.3 is 25.6 Å². The number of benzene rings is 1. The maximum atomic E-state index is 13.8. The minimum Gasteiger partial charge on any atom is -0.507 e. The molecule has 0 radical (unpaired) electrons. The first-order valence-electron chi connectivity index (χ1n) is 11.9. The third kappa shape index (κ3) is 3.93. The summed E-state index contributed by atoms with van der Waals surface area (Å²) in [4.78, 5) is 78.1. The maximum absolute atomic E-state index is 13.8. The van der Waals surface area contributed by atoms with E-state index in [1.54, 1.807) is 32.0 Å². The van der Waals surface area contributed by atoms with Crippen LogP contribution in [0.3, 0.4) is 0 Å². The number of phenols is 1. The van der Waals surface area contributed by atoms with Gasteiger partial charge in [-0.3, -0.25) is 24.0 Å². The Hall–Kier alpha value is -3.86. The zero-order chi connectivity index (χ0) is 27.4. The number of esters is 1. The number of anilines is 1. The van der Waals surface area contributed by atoms with E-state index in [-0.39, 0.29) is 30.6 Å². The number of phenolic OH excluding ortho intramolecular Hbond substituents is 1. The molecule has 3 aliphatic rings. The van der Waals surface area contributed by atoms with E-state index in [9.17, 15) is 39.0 Å². The SMILES string of the molecule is CCOC(=O)/C=C/c1cc(N(C)C)c2c(c1O)C(=O)C1C(=O)[C@]3(O)C(=O)C(C(N)=O)C(=O)C[C@@H]3C[C@@H]1C2. The number of aromatic hydroxyl groups is 1. The number of primary amides is 1. The van der Waals surface area contributed by atoms with E-state index >= 15 is 0 Å². The molecule has 5 atom stereocenters. The molecule has 196 valence electrons. The minimum atomic E-state index is -2.71. The summed E-state index contributed by atoms with van der Waals surface area (Å²) in [6.07, 6.45) is 2.17. The minimum absolute atomic E-state index is 0.0131. The van der Waals surface area contributed by atoms with Crippen LogP contribution in [0, 0.1) is 23.7 Å². The number of nitrogens with two attached hydrogens (primary N) is 1. The average molecular weight is 513 g/mol. The van der Waals surface area contributed by atoms with Crippen molar-refractivity contribution in [3.05, 3.63) is 28.8 Å². The van der Waals surface area contributed by atoms with E-state index in [0.29, 0.717) is 11.3 Å². The first-order valence-corrected chi connectivity index (χ1v) is 11.9. The summed E-state index contributed by atoms with van der Waals surface area (Å²) < 4.78 is 4.86. The fourth-order valence-corrected chi connectivity index (χ4v) is 5.91. The van der Waals surface area contributed by atoms with Gasteiger partial charge >= 0.3 is 5.97 Å². The molecule has 11 heteroatoms. The third-order valence-electron chi connectivity index (χ3n) is 7.58. The highest BCUT2D eigenvalue weighted by Crippen LogP contribution is 2.51. The predicted octanol–water partition coefficient (Wildman–Crippen LogP) is -0.0308. The summed E-state index contributed by atoms with van der Waals surface area (Å²) >= 11 is 0. The van der Waals surface area contributed by atoms with Gasteiger partial charge in [-0.1, -0.05) is 0 Å². The van der Waals surface area contributed by atoms with E-state index < -0.39 is 76.5 Å². The Morgan fingerprint density at radius 3 is 2.46 bits per heavy atom. The first kappa shape index (κ1) is 26.2. The van der Waals surface area contributed by atoms with Gasteiger partial charge in [0.15, 0.2) is 34.7 Å². The standard InChI is InChI=1S/C26H28N2O9/c1-4-37-17(30)6-5-11-9-15(28(2)3)14-8-12-7-13-10-16(29)20(25(27)35)24(34)26(13,36)23(33)18(12)22(32)19(14)21(11)31/h5-6,9,12-13,18,20,31,36H,4,7-8,10H2,1-3H3,(H2,27,35)/b6-5+/t12-,13+,18?,20?,26+/m1/s1. The van der Waals surface area contributed by atoms with Crippen molar-refractivity contribution in [2.45, 2.75) is 31.8 Å². The molecule has 2 unspecified atom stereocenters. The largest absolute Gasteiger partial charge is 0.507 e. The molecule has 3 aliphatic carbocycles. The second-order valence-electron chi connectivity index (χ2n) is 9.91.